The highest BCUT2D eigenvalue weighted by molar-refractivity contribution is 5.28. The number of nitrogens with zero attached hydrogens (tertiary/aromatic N) is 1. The summed E-state index contributed by atoms with van der Waals surface area (Å²) in [6, 6.07) is 1.94. The van der Waals surface area contributed by atoms with Crippen molar-refractivity contribution in [3.63, 3.8) is 0 Å². The van der Waals surface area contributed by atoms with E-state index >= 15 is 0 Å². The molecular weight excluding hydrogens is 190 g/mol. The maximum Gasteiger partial charge on any atom is 0.0960 e. The minimum atomic E-state index is -0.754. The Morgan fingerprint density at radius 2 is 2.40 bits per heavy atom. The van der Waals surface area contributed by atoms with Crippen molar-refractivity contribution in [3.05, 3.63) is 29.6 Å². The Bertz CT molecular complexity index is 353. The number of pyridine rings is 1. The first-order chi connectivity index (χ1) is 7.12. The monoisotopic (exact) mass is 207 g/mol. The summed E-state index contributed by atoms with van der Waals surface area (Å²) in [4.78, 5) is 4.09. The smallest absolute Gasteiger partial charge is 0.0960 e. The second-order valence-electron chi connectivity index (χ2n) is 4.36. The Balaban J connectivity index is 2.32. The van der Waals surface area contributed by atoms with E-state index in [0.717, 1.165) is 11.1 Å². The van der Waals surface area contributed by atoms with Gasteiger partial charge in [0.25, 0.3) is 0 Å². The van der Waals surface area contributed by atoms with Gasteiger partial charge in [0, 0.05) is 30.8 Å². The largest absolute Gasteiger partial charge is 0.385 e. The molecule has 2 rings (SSSR count). The number of rotatable bonds is 1. The highest BCUT2D eigenvalue weighted by atomic mass is 16.5. The van der Waals surface area contributed by atoms with Gasteiger partial charge in [0.15, 0.2) is 0 Å². The van der Waals surface area contributed by atoms with E-state index in [4.69, 9.17) is 4.74 Å². The summed E-state index contributed by atoms with van der Waals surface area (Å²) in [5.74, 6) is 0. The molecule has 1 fully saturated rings. The molecule has 1 saturated heterocycles. The molecule has 0 saturated carbocycles. The molecule has 0 bridgehead atoms. The summed E-state index contributed by atoms with van der Waals surface area (Å²) in [5, 5.41) is 10.6. The molecule has 2 heterocycles. The minimum absolute atomic E-state index is 0.114. The number of aryl methyl sites for hydroxylation is 1. The molecular formula is C12H17NO2. The topological polar surface area (TPSA) is 42.4 Å². The van der Waals surface area contributed by atoms with Crippen LogP contribution in [0.5, 0.6) is 0 Å². The van der Waals surface area contributed by atoms with Gasteiger partial charge < -0.3 is 9.84 Å². The Labute approximate surface area is 90.1 Å². The molecule has 1 aromatic heterocycles. The Kier molecular flexibility index (Phi) is 2.76. The van der Waals surface area contributed by atoms with Crippen LogP contribution in [-0.2, 0) is 10.3 Å². The van der Waals surface area contributed by atoms with Gasteiger partial charge in [-0.25, -0.2) is 0 Å². The van der Waals surface area contributed by atoms with Crippen molar-refractivity contribution < 1.29 is 9.84 Å². The Morgan fingerprint density at radius 1 is 1.60 bits per heavy atom. The molecule has 3 nitrogen and oxygen atoms in total. The molecule has 1 aliphatic heterocycles. The van der Waals surface area contributed by atoms with Crippen LogP contribution in [0.1, 0.15) is 30.9 Å². The van der Waals surface area contributed by atoms with Gasteiger partial charge in [-0.3, -0.25) is 4.98 Å². The second kappa shape index (κ2) is 3.91. The van der Waals surface area contributed by atoms with Crippen molar-refractivity contribution >= 4 is 0 Å². The number of aliphatic hydroxyl groups is 1. The van der Waals surface area contributed by atoms with E-state index in [9.17, 15) is 5.11 Å². The van der Waals surface area contributed by atoms with E-state index in [1.165, 1.54) is 0 Å². The van der Waals surface area contributed by atoms with E-state index in [-0.39, 0.29) is 6.10 Å². The number of aromatic nitrogens is 1. The van der Waals surface area contributed by atoms with E-state index in [0.29, 0.717) is 19.4 Å². The molecule has 0 aliphatic carbocycles. The quantitative estimate of drug-likeness (QED) is 0.763. The van der Waals surface area contributed by atoms with Gasteiger partial charge in [-0.05, 0) is 25.5 Å². The van der Waals surface area contributed by atoms with Crippen molar-refractivity contribution in [1.29, 1.82) is 0 Å². The van der Waals surface area contributed by atoms with Gasteiger partial charge in [0.2, 0.25) is 0 Å². The second-order valence-corrected chi connectivity index (χ2v) is 4.36. The summed E-state index contributed by atoms with van der Waals surface area (Å²) in [7, 11) is 0. The van der Waals surface area contributed by atoms with Gasteiger partial charge in [-0.2, -0.15) is 0 Å². The first-order valence-corrected chi connectivity index (χ1v) is 5.37. The maximum atomic E-state index is 10.6. The predicted molar refractivity (Wildman–Crippen MR) is 57.5 cm³/mol. The highest BCUT2D eigenvalue weighted by Gasteiger charge is 2.36. The van der Waals surface area contributed by atoms with E-state index in [1.807, 2.05) is 19.9 Å². The lowest BCUT2D eigenvalue weighted by molar-refractivity contribution is -0.102. The highest BCUT2D eigenvalue weighted by Crippen LogP contribution is 2.35. The summed E-state index contributed by atoms with van der Waals surface area (Å²) < 4.78 is 5.45. The number of hydrogen-bond acceptors (Lipinski definition) is 3. The molecule has 1 N–H and O–H groups in total. The third-order valence-corrected chi connectivity index (χ3v) is 3.08. The molecule has 82 valence electrons. The van der Waals surface area contributed by atoms with Crippen LogP contribution in [0.4, 0.5) is 0 Å². The van der Waals surface area contributed by atoms with Crippen molar-refractivity contribution in [1.82, 2.24) is 4.98 Å². The van der Waals surface area contributed by atoms with Crippen LogP contribution >= 0.6 is 0 Å². The SMILES string of the molecule is Cc1ccncc1C1(O)CCOC(C)C1. The van der Waals surface area contributed by atoms with Crippen LogP contribution in [0.2, 0.25) is 0 Å². The zero-order valence-corrected chi connectivity index (χ0v) is 9.23. The van der Waals surface area contributed by atoms with Crippen molar-refractivity contribution in [2.75, 3.05) is 6.61 Å². The van der Waals surface area contributed by atoms with Crippen molar-refractivity contribution in [3.8, 4) is 0 Å². The normalized spacial score (nSPS) is 31.5. The Hall–Kier alpha value is -0.930. The van der Waals surface area contributed by atoms with Gasteiger partial charge in [-0.15, -0.1) is 0 Å². The van der Waals surface area contributed by atoms with E-state index in [1.54, 1.807) is 12.4 Å². The lowest BCUT2D eigenvalue weighted by atomic mass is 9.83. The molecule has 2 unspecified atom stereocenters. The van der Waals surface area contributed by atoms with Crippen LogP contribution in [0.25, 0.3) is 0 Å². The maximum absolute atomic E-state index is 10.6. The molecule has 3 heteroatoms. The fourth-order valence-corrected chi connectivity index (χ4v) is 2.26. The first-order valence-electron chi connectivity index (χ1n) is 5.37. The molecule has 2 atom stereocenters. The van der Waals surface area contributed by atoms with Crippen LogP contribution in [0.15, 0.2) is 18.5 Å². The van der Waals surface area contributed by atoms with E-state index < -0.39 is 5.60 Å². The number of hydrogen-bond donors (Lipinski definition) is 1. The third-order valence-electron chi connectivity index (χ3n) is 3.08. The van der Waals surface area contributed by atoms with Crippen molar-refractivity contribution in [2.24, 2.45) is 0 Å². The van der Waals surface area contributed by atoms with Gasteiger partial charge >= 0.3 is 0 Å². The fraction of sp³-hybridized carbons (Fsp3) is 0.583. The molecule has 1 aromatic rings. The molecule has 15 heavy (non-hydrogen) atoms. The summed E-state index contributed by atoms with van der Waals surface area (Å²) in [5.41, 5.74) is 1.29. The third kappa shape index (κ3) is 2.03. The molecule has 0 spiro atoms. The molecule has 0 aromatic carbocycles. The number of ether oxygens (including phenoxy) is 1. The Morgan fingerprint density at radius 3 is 3.07 bits per heavy atom. The van der Waals surface area contributed by atoms with Gasteiger partial charge in [-0.1, -0.05) is 0 Å². The van der Waals surface area contributed by atoms with Crippen LogP contribution in [-0.4, -0.2) is 22.8 Å². The van der Waals surface area contributed by atoms with Crippen LogP contribution < -0.4 is 0 Å². The molecule has 1 aliphatic rings. The molecule has 0 amide bonds. The van der Waals surface area contributed by atoms with Crippen LogP contribution in [0.3, 0.4) is 0 Å². The lowest BCUT2D eigenvalue weighted by Crippen LogP contribution is -2.38. The van der Waals surface area contributed by atoms with Crippen molar-refractivity contribution in [2.45, 2.75) is 38.4 Å². The minimum Gasteiger partial charge on any atom is -0.385 e. The predicted octanol–water partition coefficient (Wildman–Crippen LogP) is 1.78. The molecule has 0 radical (unpaired) electrons. The van der Waals surface area contributed by atoms with Gasteiger partial charge in [0.05, 0.1) is 18.3 Å². The summed E-state index contributed by atoms with van der Waals surface area (Å²) >= 11 is 0. The zero-order chi connectivity index (χ0) is 10.9. The lowest BCUT2D eigenvalue weighted by Gasteiger charge is -2.36. The first kappa shape index (κ1) is 10.6. The summed E-state index contributed by atoms with van der Waals surface area (Å²) in [6.07, 6.45) is 4.95. The van der Waals surface area contributed by atoms with E-state index in [2.05, 4.69) is 4.98 Å². The van der Waals surface area contributed by atoms with Gasteiger partial charge in [0.1, 0.15) is 0 Å². The van der Waals surface area contributed by atoms with Crippen LogP contribution in [0, 0.1) is 6.92 Å². The standard InChI is InChI=1S/C12H17NO2/c1-9-3-5-13-8-11(9)12(14)4-6-15-10(2)7-12/h3,5,8,10,14H,4,6-7H2,1-2H3. The fourth-order valence-electron chi connectivity index (χ4n) is 2.26. The zero-order valence-electron chi connectivity index (χ0n) is 9.23. The summed E-state index contributed by atoms with van der Waals surface area (Å²) in [6.45, 7) is 4.62. The average Bonchev–Trinajstić information content (AvgIpc) is 2.17. The average molecular weight is 207 g/mol.